The lowest BCUT2D eigenvalue weighted by Crippen LogP contribution is -2.78. The fraction of sp³-hybridized carbons (Fsp3) is 0.545. The molecule has 3 heterocycles. The second kappa shape index (κ2) is 8.80. The van der Waals surface area contributed by atoms with Crippen LogP contribution in [0, 0.1) is 5.92 Å². The molecule has 0 aliphatic carbocycles. The summed E-state index contributed by atoms with van der Waals surface area (Å²) in [5.74, 6) is 0.108. The molecule has 0 saturated carbocycles. The number of hydrogen-bond acceptors (Lipinski definition) is 4. The second-order valence-corrected chi connectivity index (χ2v) is 10.1. The van der Waals surface area contributed by atoms with Crippen LogP contribution in [0.3, 0.4) is 0 Å². The summed E-state index contributed by atoms with van der Waals surface area (Å²) in [6.45, 7) is 2.92. The Balaban J connectivity index is 1.49. The quantitative estimate of drug-likeness (QED) is 0.608. The molecule has 2 N–H and O–H groups in total. The standard InChI is InChI=1S/C22H23F6N3O2S/c1-20(12-32)11-29-18-17(34-19(33)31(18)20)8-13-4-6-30(7-5-13)10-14-2-3-15(21(23,24)25)9-16(14)22(26,27)28/h2-3,8-9,13,32H,4-7,10-12H2,1H3/p+1. The summed E-state index contributed by atoms with van der Waals surface area (Å²) >= 11 is 1.09. The van der Waals surface area contributed by atoms with Gasteiger partial charge in [-0.2, -0.15) is 30.9 Å². The molecule has 12 heteroatoms. The van der Waals surface area contributed by atoms with Crippen LogP contribution in [0.1, 0.15) is 36.5 Å². The van der Waals surface area contributed by atoms with Crippen molar-refractivity contribution in [1.82, 2.24) is 9.47 Å². The number of likely N-dealkylation sites (tertiary alicyclic amines) is 1. The number of fused-ring (bicyclic) bond motifs is 1. The van der Waals surface area contributed by atoms with Gasteiger partial charge in [-0.15, -0.1) is 0 Å². The van der Waals surface area contributed by atoms with Crippen LogP contribution >= 0.6 is 11.3 Å². The summed E-state index contributed by atoms with van der Waals surface area (Å²) in [5, 5.41) is 9.67. The van der Waals surface area contributed by atoms with Crippen molar-refractivity contribution in [2.75, 3.05) is 26.2 Å². The number of hydrogen-bond donors (Lipinski definition) is 2. The summed E-state index contributed by atoms with van der Waals surface area (Å²) in [4.78, 5) is 17.3. The third-order valence-electron chi connectivity index (χ3n) is 6.51. The van der Waals surface area contributed by atoms with E-state index in [1.807, 2.05) is 6.08 Å². The minimum Gasteiger partial charge on any atom is -0.391 e. The number of aliphatic hydroxyl groups is 1. The van der Waals surface area contributed by atoms with Crippen molar-refractivity contribution in [3.05, 3.63) is 54.6 Å². The molecule has 4 rings (SSSR count). The van der Waals surface area contributed by atoms with Gasteiger partial charge in [-0.1, -0.05) is 12.1 Å². The van der Waals surface area contributed by atoms with Gasteiger partial charge < -0.3 is 5.11 Å². The van der Waals surface area contributed by atoms with Crippen LogP contribution in [-0.2, 0) is 24.4 Å². The van der Waals surface area contributed by atoms with Gasteiger partial charge in [0, 0.05) is 6.54 Å². The van der Waals surface area contributed by atoms with Crippen LogP contribution in [0.15, 0.2) is 23.0 Å². The lowest BCUT2D eigenvalue weighted by Gasteiger charge is -2.31. The van der Waals surface area contributed by atoms with Crippen molar-refractivity contribution >= 4 is 17.4 Å². The first kappa shape index (κ1) is 24.9. The molecule has 0 amide bonds. The van der Waals surface area contributed by atoms with Crippen LogP contribution in [0.5, 0.6) is 0 Å². The number of rotatable bonds is 4. The summed E-state index contributed by atoms with van der Waals surface area (Å²) in [6, 6.07) is 1.78. The molecule has 0 bridgehead atoms. The molecule has 2 aliphatic rings. The fourth-order valence-electron chi connectivity index (χ4n) is 4.53. The van der Waals surface area contributed by atoms with Crippen LogP contribution in [0.25, 0.3) is 6.08 Å². The minimum atomic E-state index is -4.88. The van der Waals surface area contributed by atoms with Crippen LogP contribution in [-0.4, -0.2) is 40.8 Å². The van der Waals surface area contributed by atoms with E-state index in [1.165, 1.54) is 0 Å². The largest absolute Gasteiger partial charge is 0.416 e. The van der Waals surface area contributed by atoms with Gasteiger partial charge in [0.1, 0.15) is 11.1 Å². The molecule has 1 saturated heterocycles. The zero-order valence-electron chi connectivity index (χ0n) is 18.3. The number of aromatic nitrogens is 1. The average Bonchev–Trinajstić information content (AvgIpc) is 3.27. The van der Waals surface area contributed by atoms with Gasteiger partial charge in [-0.3, -0.25) is 9.89 Å². The molecule has 0 spiro atoms. The predicted octanol–water partition coefficient (Wildman–Crippen LogP) is 1.06. The molecule has 2 aliphatic heterocycles. The lowest BCUT2D eigenvalue weighted by molar-refractivity contribution is -0.499. The first-order valence-electron chi connectivity index (χ1n) is 10.8. The van der Waals surface area contributed by atoms with Crippen LogP contribution in [0.4, 0.5) is 26.3 Å². The van der Waals surface area contributed by atoms with E-state index in [0.29, 0.717) is 44.0 Å². The highest BCUT2D eigenvalue weighted by molar-refractivity contribution is 7.07. The number of nitrogens with zero attached hydrogens (tertiary/aromatic N) is 2. The number of halogens is 6. The summed E-state index contributed by atoms with van der Waals surface area (Å²) in [5.41, 5.74) is -2.78. The molecule has 34 heavy (non-hydrogen) atoms. The zero-order valence-corrected chi connectivity index (χ0v) is 19.1. The van der Waals surface area contributed by atoms with Crippen LogP contribution in [0.2, 0.25) is 0 Å². The molecule has 186 valence electrons. The maximum absolute atomic E-state index is 13.4. The normalized spacial score (nSPS) is 22.8. The SMILES string of the molecule is CC1(CO)C[NH+]=c2c(=CC3CCN(Cc4ccc(C(F)(F)F)cc4C(F)(F)F)CC3)sc(=O)n21. The van der Waals surface area contributed by atoms with Crippen molar-refractivity contribution in [2.45, 2.75) is 44.2 Å². The van der Waals surface area contributed by atoms with E-state index in [-0.39, 0.29) is 35.6 Å². The van der Waals surface area contributed by atoms with Gasteiger partial charge in [-0.05, 0) is 67.8 Å². The Morgan fingerprint density at radius 3 is 2.44 bits per heavy atom. The Morgan fingerprint density at radius 1 is 1.18 bits per heavy atom. The number of thiazole rings is 1. The van der Waals surface area contributed by atoms with Crippen molar-refractivity contribution in [1.29, 1.82) is 0 Å². The monoisotopic (exact) mass is 508 g/mol. The van der Waals surface area contributed by atoms with Crippen molar-refractivity contribution in [3.8, 4) is 0 Å². The van der Waals surface area contributed by atoms with E-state index in [9.17, 15) is 36.2 Å². The molecule has 1 unspecified atom stereocenters. The van der Waals surface area contributed by atoms with E-state index in [1.54, 1.807) is 16.4 Å². The number of nitrogens with one attached hydrogen (secondary N) is 1. The van der Waals surface area contributed by atoms with Crippen LogP contribution < -0.4 is 19.9 Å². The highest BCUT2D eigenvalue weighted by Crippen LogP contribution is 2.38. The Morgan fingerprint density at radius 2 is 1.85 bits per heavy atom. The van der Waals surface area contributed by atoms with Gasteiger partial charge >= 0.3 is 17.2 Å². The third-order valence-corrected chi connectivity index (χ3v) is 7.42. The Bertz CT molecular complexity index is 1240. The minimum absolute atomic E-state index is 0.0922. The third kappa shape index (κ3) is 4.80. The van der Waals surface area contributed by atoms with Gasteiger partial charge in [0.15, 0.2) is 5.54 Å². The zero-order chi connectivity index (χ0) is 24.9. The molecular weight excluding hydrogens is 484 g/mol. The van der Waals surface area contributed by atoms with Gasteiger partial charge in [0.05, 0.1) is 17.7 Å². The first-order chi connectivity index (χ1) is 15.8. The topological polar surface area (TPSA) is 59.4 Å². The summed E-state index contributed by atoms with van der Waals surface area (Å²) in [7, 11) is 0. The Hall–Kier alpha value is -2.18. The van der Waals surface area contributed by atoms with E-state index >= 15 is 0 Å². The number of benzene rings is 1. The molecule has 1 fully saturated rings. The highest BCUT2D eigenvalue weighted by Gasteiger charge is 2.41. The van der Waals surface area contributed by atoms with E-state index in [0.717, 1.165) is 21.9 Å². The number of piperidine rings is 1. The number of aliphatic hydroxyl groups excluding tert-OH is 1. The Labute approximate surface area is 194 Å². The van der Waals surface area contributed by atoms with E-state index in [4.69, 9.17) is 0 Å². The fourth-order valence-corrected chi connectivity index (χ4v) is 5.64. The average molecular weight is 509 g/mol. The molecule has 0 radical (unpaired) electrons. The van der Waals surface area contributed by atoms with E-state index < -0.39 is 29.0 Å². The van der Waals surface area contributed by atoms with Gasteiger partial charge in [0.2, 0.25) is 0 Å². The maximum Gasteiger partial charge on any atom is 0.416 e. The maximum atomic E-state index is 13.4. The van der Waals surface area contributed by atoms with Crippen molar-refractivity contribution < 1.29 is 36.4 Å². The first-order valence-corrected chi connectivity index (χ1v) is 11.6. The summed E-state index contributed by atoms with van der Waals surface area (Å²) < 4.78 is 81.3. The molecular formula is C22H24F6N3O2S+. The molecule has 2 aromatic rings. The smallest absolute Gasteiger partial charge is 0.391 e. The Kier molecular flexibility index (Phi) is 6.45. The highest BCUT2D eigenvalue weighted by atomic mass is 32.1. The molecule has 5 nitrogen and oxygen atoms in total. The molecule has 1 aromatic carbocycles. The van der Waals surface area contributed by atoms with Crippen molar-refractivity contribution in [2.24, 2.45) is 5.92 Å². The van der Waals surface area contributed by atoms with Crippen molar-refractivity contribution in [3.63, 3.8) is 0 Å². The van der Waals surface area contributed by atoms with E-state index in [2.05, 4.69) is 4.99 Å². The van der Waals surface area contributed by atoms with Gasteiger partial charge in [0.25, 0.3) is 5.49 Å². The number of alkyl halides is 6. The van der Waals surface area contributed by atoms with Gasteiger partial charge in [-0.25, -0.2) is 4.79 Å². The lowest BCUT2D eigenvalue weighted by atomic mass is 9.95. The summed E-state index contributed by atoms with van der Waals surface area (Å²) in [6.07, 6.45) is -6.45. The predicted molar refractivity (Wildman–Crippen MR) is 112 cm³/mol. The molecule has 1 atom stereocenters. The molecule has 1 aromatic heterocycles. The second-order valence-electron chi connectivity index (χ2n) is 9.07.